The summed E-state index contributed by atoms with van der Waals surface area (Å²) in [5.74, 6) is -0.419. The second kappa shape index (κ2) is 4.57. The average Bonchev–Trinajstić information content (AvgIpc) is 2.39. The molecule has 0 fully saturated rings. The van der Waals surface area contributed by atoms with Gasteiger partial charge in [-0.25, -0.2) is 9.78 Å². The number of hydrogen-bond donors (Lipinski definition) is 0. The Morgan fingerprint density at radius 2 is 1.81 bits per heavy atom. The van der Waals surface area contributed by atoms with Crippen LogP contribution < -0.4 is 0 Å². The average molecular weight is 213 g/mol. The molecule has 0 aliphatic heterocycles. The van der Waals surface area contributed by atoms with Gasteiger partial charge in [0, 0.05) is 5.56 Å². The lowest BCUT2D eigenvalue weighted by molar-refractivity contribution is 0.0594. The number of pyridine rings is 1. The maximum Gasteiger partial charge on any atom is 0.356 e. The Morgan fingerprint density at radius 1 is 1.06 bits per heavy atom. The Bertz CT molecular complexity index is 494. The number of carbonyl (C=O) groups excluding carboxylic acids is 1. The Kier molecular flexibility index (Phi) is 2.96. The van der Waals surface area contributed by atoms with Gasteiger partial charge < -0.3 is 4.74 Å². The van der Waals surface area contributed by atoms with Crippen molar-refractivity contribution in [2.24, 2.45) is 0 Å². The van der Waals surface area contributed by atoms with Gasteiger partial charge in [0.05, 0.1) is 12.8 Å². The fourth-order valence-corrected chi connectivity index (χ4v) is 1.42. The van der Waals surface area contributed by atoms with E-state index >= 15 is 0 Å². The Labute approximate surface area is 93.7 Å². The van der Waals surface area contributed by atoms with Gasteiger partial charge in [-0.1, -0.05) is 36.4 Å². The summed E-state index contributed by atoms with van der Waals surface area (Å²) in [4.78, 5) is 15.6. The first-order valence-corrected chi connectivity index (χ1v) is 4.92. The van der Waals surface area contributed by atoms with Crippen LogP contribution in [0.1, 0.15) is 10.5 Å². The zero-order valence-electron chi connectivity index (χ0n) is 8.88. The Balaban J connectivity index is 2.40. The Morgan fingerprint density at radius 3 is 2.50 bits per heavy atom. The highest BCUT2D eigenvalue weighted by Gasteiger charge is 2.07. The van der Waals surface area contributed by atoms with Crippen molar-refractivity contribution in [2.45, 2.75) is 0 Å². The van der Waals surface area contributed by atoms with E-state index in [0.29, 0.717) is 5.69 Å². The summed E-state index contributed by atoms with van der Waals surface area (Å²) in [6.07, 6.45) is 0. The first-order chi connectivity index (χ1) is 7.81. The van der Waals surface area contributed by atoms with Gasteiger partial charge >= 0.3 is 5.97 Å². The predicted octanol–water partition coefficient (Wildman–Crippen LogP) is 2.54. The molecule has 0 bridgehead atoms. The first-order valence-electron chi connectivity index (χ1n) is 4.92. The monoisotopic (exact) mass is 213 g/mol. The van der Waals surface area contributed by atoms with Crippen molar-refractivity contribution in [3.8, 4) is 11.3 Å². The zero-order chi connectivity index (χ0) is 11.4. The number of rotatable bonds is 2. The van der Waals surface area contributed by atoms with Gasteiger partial charge in [0.1, 0.15) is 5.69 Å². The van der Waals surface area contributed by atoms with Crippen molar-refractivity contribution in [1.82, 2.24) is 4.98 Å². The maximum atomic E-state index is 11.3. The molecular weight excluding hydrogens is 202 g/mol. The van der Waals surface area contributed by atoms with E-state index in [1.807, 2.05) is 36.4 Å². The normalized spacial score (nSPS) is 9.81. The number of ether oxygens (including phenoxy) is 1. The smallest absolute Gasteiger partial charge is 0.356 e. The molecule has 0 amide bonds. The third kappa shape index (κ3) is 2.08. The topological polar surface area (TPSA) is 39.2 Å². The summed E-state index contributed by atoms with van der Waals surface area (Å²) in [7, 11) is 1.35. The van der Waals surface area contributed by atoms with E-state index in [-0.39, 0.29) is 0 Å². The third-order valence-corrected chi connectivity index (χ3v) is 2.21. The van der Waals surface area contributed by atoms with Crippen LogP contribution in [0.2, 0.25) is 0 Å². The lowest BCUT2D eigenvalue weighted by atomic mass is 10.1. The molecular formula is C13H11NO2. The minimum atomic E-state index is -0.419. The molecule has 0 aliphatic rings. The third-order valence-electron chi connectivity index (χ3n) is 2.21. The highest BCUT2D eigenvalue weighted by molar-refractivity contribution is 5.87. The number of benzene rings is 1. The summed E-state index contributed by atoms with van der Waals surface area (Å²) in [6.45, 7) is 0. The molecule has 0 saturated carbocycles. The van der Waals surface area contributed by atoms with Crippen LogP contribution in [0, 0.1) is 0 Å². The van der Waals surface area contributed by atoms with Crippen LogP contribution in [0.5, 0.6) is 0 Å². The maximum absolute atomic E-state index is 11.3. The molecule has 1 heterocycles. The molecule has 0 radical (unpaired) electrons. The number of hydrogen-bond acceptors (Lipinski definition) is 3. The van der Waals surface area contributed by atoms with Gasteiger partial charge in [-0.05, 0) is 12.1 Å². The van der Waals surface area contributed by atoms with E-state index in [0.717, 1.165) is 11.3 Å². The minimum absolute atomic E-state index is 0.323. The molecule has 0 saturated heterocycles. The predicted molar refractivity (Wildman–Crippen MR) is 61.0 cm³/mol. The summed E-state index contributed by atoms with van der Waals surface area (Å²) < 4.78 is 4.63. The van der Waals surface area contributed by atoms with E-state index in [1.54, 1.807) is 12.1 Å². The van der Waals surface area contributed by atoms with Crippen LogP contribution in [0.4, 0.5) is 0 Å². The van der Waals surface area contributed by atoms with E-state index in [2.05, 4.69) is 9.72 Å². The molecule has 2 aromatic rings. The van der Waals surface area contributed by atoms with Crippen molar-refractivity contribution in [3.05, 3.63) is 54.2 Å². The molecule has 0 atom stereocenters. The summed E-state index contributed by atoms with van der Waals surface area (Å²) in [5, 5.41) is 0. The lowest BCUT2D eigenvalue weighted by Gasteiger charge is -2.02. The second-order valence-electron chi connectivity index (χ2n) is 3.27. The second-order valence-corrected chi connectivity index (χ2v) is 3.27. The highest BCUT2D eigenvalue weighted by Crippen LogP contribution is 2.16. The number of aromatic nitrogens is 1. The molecule has 0 unspecified atom stereocenters. The molecule has 1 aromatic heterocycles. The zero-order valence-corrected chi connectivity index (χ0v) is 8.88. The van der Waals surface area contributed by atoms with Crippen LogP contribution in [0.15, 0.2) is 48.5 Å². The summed E-state index contributed by atoms with van der Waals surface area (Å²) in [5.41, 5.74) is 2.07. The van der Waals surface area contributed by atoms with E-state index < -0.39 is 5.97 Å². The first kappa shape index (κ1) is 10.4. The van der Waals surface area contributed by atoms with Gasteiger partial charge in [-0.15, -0.1) is 0 Å². The lowest BCUT2D eigenvalue weighted by Crippen LogP contribution is -2.04. The fourth-order valence-electron chi connectivity index (χ4n) is 1.42. The van der Waals surface area contributed by atoms with Crippen LogP contribution >= 0.6 is 0 Å². The van der Waals surface area contributed by atoms with Crippen LogP contribution in [0.3, 0.4) is 0 Å². The van der Waals surface area contributed by atoms with Crippen LogP contribution in [0.25, 0.3) is 11.3 Å². The Hall–Kier alpha value is -2.16. The van der Waals surface area contributed by atoms with Gasteiger partial charge in [0.25, 0.3) is 0 Å². The van der Waals surface area contributed by atoms with Gasteiger partial charge in [-0.3, -0.25) is 0 Å². The summed E-state index contributed by atoms with van der Waals surface area (Å²) in [6, 6.07) is 15.0. The quantitative estimate of drug-likeness (QED) is 0.719. The van der Waals surface area contributed by atoms with Crippen LogP contribution in [-0.4, -0.2) is 18.1 Å². The van der Waals surface area contributed by atoms with Crippen molar-refractivity contribution < 1.29 is 9.53 Å². The number of carbonyl (C=O) groups is 1. The fraction of sp³-hybridized carbons (Fsp3) is 0.0769. The van der Waals surface area contributed by atoms with E-state index in [4.69, 9.17) is 0 Å². The van der Waals surface area contributed by atoms with Crippen molar-refractivity contribution in [1.29, 1.82) is 0 Å². The van der Waals surface area contributed by atoms with Crippen molar-refractivity contribution >= 4 is 5.97 Å². The molecule has 16 heavy (non-hydrogen) atoms. The van der Waals surface area contributed by atoms with E-state index in [1.165, 1.54) is 7.11 Å². The number of methoxy groups -OCH3 is 1. The van der Waals surface area contributed by atoms with Gasteiger partial charge in [0.2, 0.25) is 0 Å². The molecule has 0 spiro atoms. The number of nitrogens with zero attached hydrogens (tertiary/aromatic N) is 1. The standard InChI is InChI=1S/C13H11NO2/c1-16-13(15)12-9-5-8-11(14-12)10-6-3-2-4-7-10/h2-9H,1H3. The van der Waals surface area contributed by atoms with Crippen molar-refractivity contribution in [3.63, 3.8) is 0 Å². The van der Waals surface area contributed by atoms with Gasteiger partial charge in [-0.2, -0.15) is 0 Å². The molecule has 80 valence electrons. The molecule has 3 heteroatoms. The molecule has 0 N–H and O–H groups in total. The molecule has 3 nitrogen and oxygen atoms in total. The minimum Gasteiger partial charge on any atom is -0.464 e. The number of esters is 1. The molecule has 2 rings (SSSR count). The molecule has 1 aromatic carbocycles. The van der Waals surface area contributed by atoms with E-state index in [9.17, 15) is 4.79 Å². The van der Waals surface area contributed by atoms with Crippen LogP contribution in [-0.2, 0) is 4.74 Å². The molecule has 0 aliphatic carbocycles. The SMILES string of the molecule is COC(=O)c1cccc(-c2ccccc2)n1. The van der Waals surface area contributed by atoms with Crippen molar-refractivity contribution in [2.75, 3.05) is 7.11 Å². The highest BCUT2D eigenvalue weighted by atomic mass is 16.5. The largest absolute Gasteiger partial charge is 0.464 e. The summed E-state index contributed by atoms with van der Waals surface area (Å²) >= 11 is 0. The van der Waals surface area contributed by atoms with Gasteiger partial charge in [0.15, 0.2) is 0 Å².